The van der Waals surface area contributed by atoms with Gasteiger partial charge in [-0.1, -0.05) is 6.08 Å². The molecule has 84 valence electrons. The van der Waals surface area contributed by atoms with Crippen LogP contribution in [0.3, 0.4) is 0 Å². The summed E-state index contributed by atoms with van der Waals surface area (Å²) in [5.74, 6) is -3.81. The van der Waals surface area contributed by atoms with Crippen LogP contribution >= 0.6 is 0 Å². The Morgan fingerprint density at radius 2 is 1.87 bits per heavy atom. The highest BCUT2D eigenvalue weighted by Gasteiger charge is 2.17. The molecule has 0 spiro atoms. The molecule has 0 saturated heterocycles. The summed E-state index contributed by atoms with van der Waals surface area (Å²) in [6.07, 6.45) is 1.93. The standard InChI is InChI=1S/C9H13NO5/c1-6(11)10(2)4-3-7(9(14)15)5-8(12)13/h3-4,7H,5H2,1-2H3,(H,12,13)(H,14,15)/b4-3+. The van der Waals surface area contributed by atoms with Gasteiger partial charge in [-0.15, -0.1) is 0 Å². The number of hydrogen-bond acceptors (Lipinski definition) is 3. The summed E-state index contributed by atoms with van der Waals surface area (Å²) in [6.45, 7) is 1.32. The maximum Gasteiger partial charge on any atom is 0.311 e. The van der Waals surface area contributed by atoms with Gasteiger partial charge in [-0.2, -0.15) is 0 Å². The van der Waals surface area contributed by atoms with Gasteiger partial charge in [0.2, 0.25) is 5.91 Å². The van der Waals surface area contributed by atoms with Crippen molar-refractivity contribution in [1.82, 2.24) is 4.90 Å². The number of hydrogen-bond donors (Lipinski definition) is 2. The number of carbonyl (C=O) groups excluding carboxylic acids is 1. The number of aliphatic carboxylic acids is 2. The summed E-state index contributed by atoms with van der Waals surface area (Å²) in [7, 11) is 1.46. The van der Waals surface area contributed by atoms with Crippen LogP contribution in [0.5, 0.6) is 0 Å². The number of rotatable bonds is 5. The number of amides is 1. The van der Waals surface area contributed by atoms with Gasteiger partial charge in [0.05, 0.1) is 12.3 Å². The van der Waals surface area contributed by atoms with E-state index in [-0.39, 0.29) is 5.91 Å². The van der Waals surface area contributed by atoms with Crippen molar-refractivity contribution < 1.29 is 24.6 Å². The lowest BCUT2D eigenvalue weighted by molar-refractivity contribution is -0.146. The zero-order chi connectivity index (χ0) is 12.0. The zero-order valence-electron chi connectivity index (χ0n) is 8.51. The lowest BCUT2D eigenvalue weighted by Crippen LogP contribution is -2.20. The molecule has 0 aliphatic rings. The van der Waals surface area contributed by atoms with E-state index in [9.17, 15) is 14.4 Å². The number of carbonyl (C=O) groups is 3. The van der Waals surface area contributed by atoms with Crippen molar-refractivity contribution in [2.24, 2.45) is 5.92 Å². The Morgan fingerprint density at radius 1 is 1.33 bits per heavy atom. The molecule has 15 heavy (non-hydrogen) atoms. The van der Waals surface area contributed by atoms with E-state index in [1.54, 1.807) is 0 Å². The van der Waals surface area contributed by atoms with Crippen LogP contribution in [0.15, 0.2) is 12.3 Å². The maximum atomic E-state index is 10.8. The first-order valence-electron chi connectivity index (χ1n) is 4.21. The van der Waals surface area contributed by atoms with Gasteiger partial charge in [-0.05, 0) is 0 Å². The average Bonchev–Trinajstić information content (AvgIpc) is 2.10. The highest BCUT2D eigenvalue weighted by Crippen LogP contribution is 2.06. The Balaban J connectivity index is 4.47. The summed E-state index contributed by atoms with van der Waals surface area (Å²) in [4.78, 5) is 32.9. The van der Waals surface area contributed by atoms with Gasteiger partial charge >= 0.3 is 11.9 Å². The predicted molar refractivity (Wildman–Crippen MR) is 51.0 cm³/mol. The van der Waals surface area contributed by atoms with Crippen molar-refractivity contribution in [2.45, 2.75) is 13.3 Å². The lowest BCUT2D eigenvalue weighted by Gasteiger charge is -2.09. The average molecular weight is 215 g/mol. The first-order valence-corrected chi connectivity index (χ1v) is 4.21. The second-order valence-corrected chi connectivity index (χ2v) is 3.01. The van der Waals surface area contributed by atoms with E-state index in [4.69, 9.17) is 10.2 Å². The molecular formula is C9H13NO5. The molecule has 2 N–H and O–H groups in total. The van der Waals surface area contributed by atoms with Crippen molar-refractivity contribution in [3.8, 4) is 0 Å². The maximum absolute atomic E-state index is 10.8. The zero-order valence-corrected chi connectivity index (χ0v) is 8.51. The molecule has 0 aromatic rings. The smallest absolute Gasteiger partial charge is 0.311 e. The van der Waals surface area contributed by atoms with Crippen molar-refractivity contribution in [3.05, 3.63) is 12.3 Å². The molecule has 0 bridgehead atoms. The number of carboxylic acids is 2. The quantitative estimate of drug-likeness (QED) is 0.680. The van der Waals surface area contributed by atoms with Crippen LogP contribution in [0, 0.1) is 5.92 Å². The molecule has 0 rings (SSSR count). The molecule has 0 aliphatic carbocycles. The van der Waals surface area contributed by atoms with Crippen molar-refractivity contribution in [3.63, 3.8) is 0 Å². The molecule has 0 aromatic heterocycles. The number of nitrogens with zero attached hydrogens (tertiary/aromatic N) is 1. The molecular weight excluding hydrogens is 202 g/mol. The van der Waals surface area contributed by atoms with E-state index in [1.165, 1.54) is 31.1 Å². The van der Waals surface area contributed by atoms with Crippen LogP contribution in [0.25, 0.3) is 0 Å². The van der Waals surface area contributed by atoms with E-state index < -0.39 is 24.3 Å². The van der Waals surface area contributed by atoms with Gasteiger partial charge in [0.1, 0.15) is 0 Å². The van der Waals surface area contributed by atoms with Crippen LogP contribution < -0.4 is 0 Å². The Kier molecular flexibility index (Phi) is 5.08. The van der Waals surface area contributed by atoms with E-state index in [1.807, 2.05) is 0 Å². The molecule has 1 amide bonds. The molecule has 0 saturated carbocycles. The van der Waals surface area contributed by atoms with Gasteiger partial charge in [-0.3, -0.25) is 14.4 Å². The monoisotopic (exact) mass is 215 g/mol. The fourth-order valence-electron chi connectivity index (χ4n) is 0.764. The second-order valence-electron chi connectivity index (χ2n) is 3.01. The molecule has 0 aliphatic heterocycles. The van der Waals surface area contributed by atoms with Crippen molar-refractivity contribution in [1.29, 1.82) is 0 Å². The molecule has 0 radical (unpaired) electrons. The third-order valence-corrected chi connectivity index (χ3v) is 1.75. The second kappa shape index (κ2) is 5.79. The van der Waals surface area contributed by atoms with Crippen LogP contribution in [-0.2, 0) is 14.4 Å². The summed E-state index contributed by atoms with van der Waals surface area (Å²) in [6, 6.07) is 0. The fourth-order valence-corrected chi connectivity index (χ4v) is 0.764. The van der Waals surface area contributed by atoms with Crippen LogP contribution in [0.4, 0.5) is 0 Å². The van der Waals surface area contributed by atoms with Crippen LogP contribution in [-0.4, -0.2) is 40.0 Å². The predicted octanol–water partition coefficient (Wildman–Crippen LogP) is 0.154. The van der Waals surface area contributed by atoms with Gasteiger partial charge in [0.25, 0.3) is 0 Å². The first kappa shape index (κ1) is 13.2. The Labute approximate surface area is 86.8 Å². The summed E-state index contributed by atoms with van der Waals surface area (Å²) >= 11 is 0. The first-order chi connectivity index (χ1) is 6.84. The Morgan fingerprint density at radius 3 is 2.20 bits per heavy atom. The third kappa shape index (κ3) is 5.45. The third-order valence-electron chi connectivity index (χ3n) is 1.75. The van der Waals surface area contributed by atoms with E-state index in [0.717, 1.165) is 0 Å². The highest BCUT2D eigenvalue weighted by atomic mass is 16.4. The molecule has 6 heteroatoms. The molecule has 0 fully saturated rings. The fraction of sp³-hybridized carbons (Fsp3) is 0.444. The summed E-state index contributed by atoms with van der Waals surface area (Å²) in [5.41, 5.74) is 0. The molecule has 0 aromatic carbocycles. The van der Waals surface area contributed by atoms with Gasteiger partial charge in [0.15, 0.2) is 0 Å². The lowest BCUT2D eigenvalue weighted by atomic mass is 10.1. The van der Waals surface area contributed by atoms with Gasteiger partial charge < -0.3 is 15.1 Å². The topological polar surface area (TPSA) is 94.9 Å². The van der Waals surface area contributed by atoms with Crippen LogP contribution in [0.1, 0.15) is 13.3 Å². The Hall–Kier alpha value is -1.85. The minimum absolute atomic E-state index is 0.259. The largest absolute Gasteiger partial charge is 0.481 e. The number of carboxylic acid groups (broad SMARTS) is 2. The molecule has 1 unspecified atom stereocenters. The van der Waals surface area contributed by atoms with Gasteiger partial charge in [-0.25, -0.2) is 0 Å². The Bertz CT molecular complexity index is 297. The minimum atomic E-state index is -1.23. The molecule has 1 atom stereocenters. The van der Waals surface area contributed by atoms with Crippen molar-refractivity contribution in [2.75, 3.05) is 7.05 Å². The summed E-state index contributed by atoms with van der Waals surface area (Å²) in [5, 5.41) is 17.1. The minimum Gasteiger partial charge on any atom is -0.481 e. The summed E-state index contributed by atoms with van der Waals surface area (Å²) < 4.78 is 0. The van der Waals surface area contributed by atoms with Gasteiger partial charge in [0, 0.05) is 20.2 Å². The van der Waals surface area contributed by atoms with E-state index in [2.05, 4.69) is 0 Å². The van der Waals surface area contributed by atoms with Crippen LogP contribution in [0.2, 0.25) is 0 Å². The highest BCUT2D eigenvalue weighted by molar-refractivity contribution is 5.79. The molecule has 6 nitrogen and oxygen atoms in total. The normalized spacial score (nSPS) is 12.4. The molecule has 0 heterocycles. The SMILES string of the molecule is CC(=O)N(C)/C=C/C(CC(=O)O)C(=O)O. The van der Waals surface area contributed by atoms with E-state index >= 15 is 0 Å². The van der Waals surface area contributed by atoms with E-state index in [0.29, 0.717) is 0 Å². The van der Waals surface area contributed by atoms with Crippen molar-refractivity contribution >= 4 is 17.8 Å².